The quantitative estimate of drug-likeness (QED) is 0.717. The number of carbonyl (C=O) groups excluding carboxylic acids is 1. The molecule has 1 saturated heterocycles. The van der Waals surface area contributed by atoms with Gasteiger partial charge in [0.25, 0.3) is 0 Å². The van der Waals surface area contributed by atoms with E-state index in [-0.39, 0.29) is 30.6 Å². The zero-order chi connectivity index (χ0) is 20.3. The van der Waals surface area contributed by atoms with Crippen molar-refractivity contribution in [1.29, 1.82) is 0 Å². The van der Waals surface area contributed by atoms with Crippen molar-refractivity contribution in [3.8, 4) is 0 Å². The second kappa shape index (κ2) is 8.36. The average molecular weight is 410 g/mol. The molecule has 0 N–H and O–H groups in total. The van der Waals surface area contributed by atoms with E-state index >= 15 is 0 Å². The van der Waals surface area contributed by atoms with Crippen LogP contribution in [0.2, 0.25) is 0 Å². The molecule has 0 spiro atoms. The predicted octanol–water partition coefficient (Wildman–Crippen LogP) is 1.55. The molecular formula is C18H23FN4O4S. The van der Waals surface area contributed by atoms with E-state index in [4.69, 9.17) is 4.52 Å². The second-order valence-corrected chi connectivity index (χ2v) is 9.02. The van der Waals surface area contributed by atoms with Gasteiger partial charge in [0, 0.05) is 26.1 Å². The number of hydrogen-bond donors (Lipinski definition) is 0. The number of benzene rings is 1. The molecule has 0 unspecified atom stereocenters. The van der Waals surface area contributed by atoms with Crippen molar-refractivity contribution in [2.45, 2.75) is 31.7 Å². The van der Waals surface area contributed by atoms with Gasteiger partial charge in [-0.15, -0.1) is 0 Å². The highest BCUT2D eigenvalue weighted by atomic mass is 32.2. The highest BCUT2D eigenvalue weighted by Crippen LogP contribution is 2.27. The number of nitrogens with zero attached hydrogens (tertiary/aromatic N) is 4. The Morgan fingerprint density at radius 2 is 1.93 bits per heavy atom. The van der Waals surface area contributed by atoms with Gasteiger partial charge in [-0.25, -0.2) is 17.1 Å². The molecule has 8 nitrogen and oxygen atoms in total. The van der Waals surface area contributed by atoms with E-state index in [2.05, 4.69) is 10.1 Å². The number of aromatic nitrogens is 2. The maximum atomic E-state index is 13.0. The third kappa shape index (κ3) is 5.14. The van der Waals surface area contributed by atoms with Gasteiger partial charge in [0.1, 0.15) is 5.82 Å². The Morgan fingerprint density at radius 1 is 1.29 bits per heavy atom. The topological polar surface area (TPSA) is 96.6 Å². The molecule has 1 amide bonds. The second-order valence-electron chi connectivity index (χ2n) is 7.04. The smallest absolute Gasteiger partial charge is 0.246 e. The van der Waals surface area contributed by atoms with Gasteiger partial charge < -0.3 is 9.42 Å². The van der Waals surface area contributed by atoms with Crippen molar-refractivity contribution in [1.82, 2.24) is 19.3 Å². The molecule has 0 atom stereocenters. The number of rotatable bonds is 6. The third-order valence-electron chi connectivity index (χ3n) is 4.84. The number of halogens is 1. The lowest BCUT2D eigenvalue weighted by Gasteiger charge is -2.28. The molecule has 3 rings (SSSR count). The summed E-state index contributed by atoms with van der Waals surface area (Å²) in [4.78, 5) is 18.2. The zero-order valence-electron chi connectivity index (χ0n) is 15.8. The van der Waals surface area contributed by atoms with Crippen molar-refractivity contribution < 1.29 is 22.1 Å². The van der Waals surface area contributed by atoms with E-state index in [1.807, 2.05) is 0 Å². The van der Waals surface area contributed by atoms with Gasteiger partial charge in [-0.3, -0.25) is 4.79 Å². The molecule has 1 aromatic carbocycles. The fourth-order valence-corrected chi connectivity index (χ4v) is 4.02. The van der Waals surface area contributed by atoms with E-state index in [1.165, 1.54) is 27.6 Å². The van der Waals surface area contributed by atoms with Crippen molar-refractivity contribution in [3.63, 3.8) is 0 Å². The summed E-state index contributed by atoms with van der Waals surface area (Å²) < 4.78 is 42.8. The van der Waals surface area contributed by atoms with Gasteiger partial charge in [0.05, 0.1) is 19.2 Å². The molecule has 1 aromatic heterocycles. The third-order valence-corrected chi connectivity index (χ3v) is 6.14. The Labute approximate surface area is 163 Å². The van der Waals surface area contributed by atoms with Crippen LogP contribution in [0.4, 0.5) is 4.39 Å². The first-order valence-corrected chi connectivity index (χ1v) is 10.8. The van der Waals surface area contributed by atoms with Crippen molar-refractivity contribution >= 4 is 15.9 Å². The Hall–Kier alpha value is -2.33. The van der Waals surface area contributed by atoms with E-state index in [0.29, 0.717) is 37.6 Å². The first-order chi connectivity index (χ1) is 13.2. The van der Waals surface area contributed by atoms with Crippen LogP contribution in [-0.2, 0) is 27.8 Å². The Balaban J connectivity index is 1.54. The Morgan fingerprint density at radius 3 is 2.54 bits per heavy atom. The summed E-state index contributed by atoms with van der Waals surface area (Å²) in [6.07, 6.45) is 2.62. The molecule has 2 heterocycles. The molecule has 2 aromatic rings. The zero-order valence-corrected chi connectivity index (χ0v) is 16.7. The summed E-state index contributed by atoms with van der Waals surface area (Å²) in [6.45, 7) is 1.04. The van der Waals surface area contributed by atoms with Crippen LogP contribution in [0.1, 0.15) is 36.0 Å². The van der Waals surface area contributed by atoms with Crippen LogP contribution >= 0.6 is 0 Å². The minimum atomic E-state index is -3.18. The van der Waals surface area contributed by atoms with E-state index < -0.39 is 10.0 Å². The molecule has 28 heavy (non-hydrogen) atoms. The Bertz CT molecular complexity index is 921. The molecular weight excluding hydrogens is 387 g/mol. The molecule has 0 radical (unpaired) electrons. The number of carbonyl (C=O) groups is 1. The normalized spacial score (nSPS) is 16.2. The van der Waals surface area contributed by atoms with Crippen molar-refractivity contribution in [3.05, 3.63) is 47.4 Å². The van der Waals surface area contributed by atoms with Crippen LogP contribution in [0.15, 0.2) is 28.8 Å². The first kappa shape index (κ1) is 20.4. The van der Waals surface area contributed by atoms with Gasteiger partial charge in [-0.05, 0) is 30.5 Å². The summed E-state index contributed by atoms with van der Waals surface area (Å²) in [5.74, 6) is 0.423. The predicted molar refractivity (Wildman–Crippen MR) is 99.3 cm³/mol. The molecule has 1 aliphatic rings. The summed E-state index contributed by atoms with van der Waals surface area (Å²) in [7, 11) is -1.54. The lowest BCUT2D eigenvalue weighted by Crippen LogP contribution is -2.37. The molecule has 1 fully saturated rings. The number of hydrogen-bond acceptors (Lipinski definition) is 6. The lowest BCUT2D eigenvalue weighted by atomic mass is 9.98. The highest BCUT2D eigenvalue weighted by Gasteiger charge is 2.28. The summed E-state index contributed by atoms with van der Waals surface area (Å²) >= 11 is 0. The SMILES string of the molecule is CN(Cc1nc(C2CCN(S(C)(=O)=O)CC2)no1)C(=O)Cc1ccc(F)cc1. The lowest BCUT2D eigenvalue weighted by molar-refractivity contribution is -0.130. The van der Waals surface area contributed by atoms with Crippen LogP contribution in [0.25, 0.3) is 0 Å². The van der Waals surface area contributed by atoms with Crippen LogP contribution in [0, 0.1) is 5.82 Å². The maximum absolute atomic E-state index is 13.0. The Kier molecular flexibility index (Phi) is 6.09. The van der Waals surface area contributed by atoms with Gasteiger partial charge in [-0.1, -0.05) is 17.3 Å². The molecule has 152 valence electrons. The molecule has 0 aliphatic carbocycles. The van der Waals surface area contributed by atoms with E-state index in [9.17, 15) is 17.6 Å². The first-order valence-electron chi connectivity index (χ1n) is 8.98. The summed E-state index contributed by atoms with van der Waals surface area (Å²) in [6, 6.07) is 5.80. The number of piperidine rings is 1. The van der Waals surface area contributed by atoms with Crippen molar-refractivity contribution in [2.75, 3.05) is 26.4 Å². The number of sulfonamides is 1. The van der Waals surface area contributed by atoms with Gasteiger partial charge in [0.2, 0.25) is 21.8 Å². The van der Waals surface area contributed by atoms with Crippen LogP contribution in [0.5, 0.6) is 0 Å². The molecule has 10 heteroatoms. The van der Waals surface area contributed by atoms with Gasteiger partial charge in [0.15, 0.2) is 5.82 Å². The molecule has 0 bridgehead atoms. The minimum absolute atomic E-state index is 0.0377. The fraction of sp³-hybridized carbons (Fsp3) is 0.500. The van der Waals surface area contributed by atoms with Crippen molar-refractivity contribution in [2.24, 2.45) is 0 Å². The number of amides is 1. The van der Waals surface area contributed by atoms with Crippen LogP contribution < -0.4 is 0 Å². The fourth-order valence-electron chi connectivity index (χ4n) is 3.15. The summed E-state index contributed by atoms with van der Waals surface area (Å²) in [5.41, 5.74) is 0.724. The maximum Gasteiger partial charge on any atom is 0.246 e. The molecule has 1 aliphatic heterocycles. The van der Waals surface area contributed by atoms with Gasteiger partial charge >= 0.3 is 0 Å². The van der Waals surface area contributed by atoms with E-state index in [1.54, 1.807) is 19.2 Å². The van der Waals surface area contributed by atoms with Gasteiger partial charge in [-0.2, -0.15) is 4.98 Å². The average Bonchev–Trinajstić information content (AvgIpc) is 3.11. The summed E-state index contributed by atoms with van der Waals surface area (Å²) in [5, 5.41) is 4.00. The van der Waals surface area contributed by atoms with E-state index in [0.717, 1.165) is 5.56 Å². The molecule has 0 saturated carbocycles. The largest absolute Gasteiger partial charge is 0.337 e. The monoisotopic (exact) mass is 410 g/mol. The van der Waals surface area contributed by atoms with Crippen LogP contribution in [-0.4, -0.2) is 60.1 Å². The standard InChI is InChI=1S/C18H23FN4O4S/c1-22(17(24)11-13-3-5-15(19)6-4-13)12-16-20-18(21-27-16)14-7-9-23(10-8-14)28(2,25)26/h3-6,14H,7-12H2,1-2H3. The highest BCUT2D eigenvalue weighted by molar-refractivity contribution is 7.88. The number of likely N-dealkylation sites (N-methyl/N-ethyl adjacent to an activating group) is 1. The minimum Gasteiger partial charge on any atom is -0.337 e. The van der Waals surface area contributed by atoms with Crippen LogP contribution in [0.3, 0.4) is 0 Å².